The highest BCUT2D eigenvalue weighted by Gasteiger charge is 2.54. The number of nitrogens with one attached hydrogen (secondary N) is 2. The quantitative estimate of drug-likeness (QED) is 0.434. The van der Waals surface area contributed by atoms with Crippen molar-refractivity contribution in [2.24, 2.45) is 11.8 Å². The fourth-order valence-electron chi connectivity index (χ4n) is 5.53. The van der Waals surface area contributed by atoms with Crippen LogP contribution in [0.2, 0.25) is 0 Å². The van der Waals surface area contributed by atoms with Crippen LogP contribution >= 0.6 is 0 Å². The molecular formula is C27H34N4O8. The van der Waals surface area contributed by atoms with E-state index in [1.165, 1.54) is 16.8 Å². The van der Waals surface area contributed by atoms with Crippen molar-refractivity contribution in [3.8, 4) is 0 Å². The Labute approximate surface area is 225 Å². The minimum atomic E-state index is -0.836. The number of aliphatic carboxylic acids is 1. The molecule has 210 valence electrons. The summed E-state index contributed by atoms with van der Waals surface area (Å²) in [5.41, 5.74) is 0.219. The first-order valence-corrected chi connectivity index (χ1v) is 13.4. The normalized spacial score (nSPS) is 30.0. The van der Waals surface area contributed by atoms with Crippen molar-refractivity contribution in [1.29, 1.82) is 0 Å². The fraction of sp³-hybridized carbons (Fsp3) is 0.556. The van der Waals surface area contributed by atoms with E-state index < -0.39 is 54.4 Å². The number of rotatable bonds is 9. The van der Waals surface area contributed by atoms with E-state index in [1.54, 1.807) is 6.92 Å². The number of anilines is 1. The number of carbonyl (C=O) groups excluding carboxylic acids is 1. The van der Waals surface area contributed by atoms with Gasteiger partial charge in [0.1, 0.15) is 24.1 Å². The van der Waals surface area contributed by atoms with Gasteiger partial charge in [-0.1, -0.05) is 43.2 Å². The monoisotopic (exact) mass is 542 g/mol. The minimum absolute atomic E-state index is 0.0566. The number of fused-ring (bicyclic) bond motifs is 1. The molecule has 12 nitrogen and oxygen atoms in total. The molecule has 3 aliphatic rings. The van der Waals surface area contributed by atoms with Crippen molar-refractivity contribution < 1.29 is 33.6 Å². The predicted octanol–water partition coefficient (Wildman–Crippen LogP) is 2.67. The van der Waals surface area contributed by atoms with Crippen LogP contribution in [0.4, 0.5) is 10.6 Å². The second kappa shape index (κ2) is 12.2. The van der Waals surface area contributed by atoms with Crippen LogP contribution in [0.3, 0.4) is 0 Å². The van der Waals surface area contributed by atoms with Gasteiger partial charge in [-0.3, -0.25) is 14.7 Å². The molecule has 2 aliphatic heterocycles. The Bertz CT molecular complexity index is 1210. The van der Waals surface area contributed by atoms with E-state index in [-0.39, 0.29) is 18.3 Å². The number of carbonyl (C=O) groups is 2. The lowest BCUT2D eigenvalue weighted by molar-refractivity contribution is -0.161. The van der Waals surface area contributed by atoms with Gasteiger partial charge in [-0.25, -0.2) is 9.59 Å². The van der Waals surface area contributed by atoms with E-state index in [1.807, 2.05) is 30.3 Å². The average molecular weight is 543 g/mol. The molecule has 7 atom stereocenters. The zero-order valence-electron chi connectivity index (χ0n) is 21.7. The molecule has 0 radical (unpaired) electrons. The third kappa shape index (κ3) is 6.14. The average Bonchev–Trinajstić information content (AvgIpc) is 3.50. The molecule has 1 aromatic carbocycles. The number of aromatic nitrogens is 2. The fourth-order valence-corrected chi connectivity index (χ4v) is 5.53. The highest BCUT2D eigenvalue weighted by atomic mass is 16.8. The summed E-state index contributed by atoms with van der Waals surface area (Å²) in [5, 5.41) is 14.7. The molecule has 1 aromatic heterocycles. The second-order valence-corrected chi connectivity index (χ2v) is 10.0. The number of urea groups is 1. The first-order chi connectivity index (χ1) is 18.9. The van der Waals surface area contributed by atoms with E-state index >= 15 is 0 Å². The third-order valence-corrected chi connectivity index (χ3v) is 7.44. The van der Waals surface area contributed by atoms with E-state index in [0.717, 1.165) is 24.8 Å². The number of nitrogens with zero attached hydrogens (tertiary/aromatic N) is 2. The Morgan fingerprint density at radius 2 is 1.85 bits per heavy atom. The van der Waals surface area contributed by atoms with Crippen LogP contribution in [0.1, 0.15) is 50.7 Å². The maximum absolute atomic E-state index is 13.0. The Hall–Kier alpha value is -3.32. The predicted molar refractivity (Wildman–Crippen MR) is 138 cm³/mol. The number of ether oxygens (including phenoxy) is 4. The number of carboxylic acids is 1. The van der Waals surface area contributed by atoms with E-state index in [2.05, 4.69) is 15.6 Å². The number of hydrogen-bond acceptors (Lipinski definition) is 8. The van der Waals surface area contributed by atoms with Gasteiger partial charge in [-0.2, -0.15) is 4.98 Å². The van der Waals surface area contributed by atoms with E-state index in [4.69, 9.17) is 18.9 Å². The van der Waals surface area contributed by atoms with Crippen LogP contribution in [0.5, 0.6) is 0 Å². The van der Waals surface area contributed by atoms with Crippen molar-refractivity contribution in [3.05, 3.63) is 58.6 Å². The summed E-state index contributed by atoms with van der Waals surface area (Å²) in [6.07, 6.45) is 1.69. The van der Waals surface area contributed by atoms with Gasteiger partial charge in [-0.05, 0) is 31.7 Å². The van der Waals surface area contributed by atoms with Gasteiger partial charge in [0.15, 0.2) is 12.5 Å². The highest BCUT2D eigenvalue weighted by Crippen LogP contribution is 2.44. The molecule has 12 heteroatoms. The molecule has 1 aliphatic carbocycles. The molecule has 2 aromatic rings. The maximum atomic E-state index is 13.0. The van der Waals surface area contributed by atoms with Crippen molar-refractivity contribution >= 4 is 17.8 Å². The van der Waals surface area contributed by atoms with Gasteiger partial charge in [0.2, 0.25) is 0 Å². The van der Waals surface area contributed by atoms with E-state index in [0.29, 0.717) is 19.6 Å². The van der Waals surface area contributed by atoms with Crippen LogP contribution in [0.15, 0.2) is 47.4 Å². The smallest absolute Gasteiger partial charge is 0.351 e. The molecule has 0 spiro atoms. The summed E-state index contributed by atoms with van der Waals surface area (Å²) in [4.78, 5) is 40.4. The summed E-state index contributed by atoms with van der Waals surface area (Å²) in [5.74, 6) is -1.13. The Kier molecular flexibility index (Phi) is 8.56. The summed E-state index contributed by atoms with van der Waals surface area (Å²) < 4.78 is 26.1. The zero-order chi connectivity index (χ0) is 27.4. The van der Waals surface area contributed by atoms with Gasteiger partial charge in [0.05, 0.1) is 19.1 Å². The molecule has 3 fully saturated rings. The lowest BCUT2D eigenvalue weighted by Gasteiger charge is -2.29. The molecular weight excluding hydrogens is 508 g/mol. The van der Waals surface area contributed by atoms with Crippen LogP contribution in [0.25, 0.3) is 0 Å². The second-order valence-electron chi connectivity index (χ2n) is 10.0. The van der Waals surface area contributed by atoms with Gasteiger partial charge in [0, 0.05) is 18.3 Å². The molecule has 39 heavy (non-hydrogen) atoms. The summed E-state index contributed by atoms with van der Waals surface area (Å²) in [6, 6.07) is 10.5. The lowest BCUT2D eigenvalue weighted by atomic mass is 9.80. The molecule has 3 N–H and O–H groups in total. The van der Waals surface area contributed by atoms with Crippen LogP contribution in [-0.4, -0.2) is 64.7 Å². The third-order valence-electron chi connectivity index (χ3n) is 7.44. The largest absolute Gasteiger partial charge is 0.481 e. The number of benzene rings is 1. The molecule has 3 heterocycles. The van der Waals surface area contributed by atoms with Crippen molar-refractivity contribution in [1.82, 2.24) is 14.9 Å². The molecule has 2 amide bonds. The zero-order valence-corrected chi connectivity index (χ0v) is 21.7. The van der Waals surface area contributed by atoms with Crippen LogP contribution < -0.4 is 16.3 Å². The minimum Gasteiger partial charge on any atom is -0.481 e. The standard InChI is InChI=1S/C27H34N4O8/c1-2-28-26(34)29-20-12-13-31(27(35)30-20)23-22-21(38-25(39-22)16-8-4-3-5-9-16)19(37-23)15-36-14-17-10-6-7-11-18(17)24(32)33/h3-5,8-9,12-13,17-19,21-23,25H,2,6-7,10-11,14-15H2,1H3,(H,32,33)(H2,28,29,30,34,35)/t17?,18?,19-,21?,22?,23-,25+/m1/s1. The van der Waals surface area contributed by atoms with Gasteiger partial charge >= 0.3 is 17.7 Å². The molecule has 0 bridgehead atoms. The first-order valence-electron chi connectivity index (χ1n) is 13.4. The van der Waals surface area contributed by atoms with Crippen molar-refractivity contribution in [3.63, 3.8) is 0 Å². The topological polar surface area (TPSA) is 150 Å². The SMILES string of the molecule is CCNC(=O)Nc1ccn([C@@H]2O[C@H](COCC3CCCCC3C(=O)O)C3O[C@H](c4ccccc4)OC32)c(=O)n1. The number of carboxylic acid groups (broad SMARTS) is 1. The maximum Gasteiger partial charge on any atom is 0.351 e. The number of amides is 2. The summed E-state index contributed by atoms with van der Waals surface area (Å²) in [6.45, 7) is 2.68. The van der Waals surface area contributed by atoms with Gasteiger partial charge in [-0.15, -0.1) is 0 Å². The Morgan fingerprint density at radius 1 is 1.08 bits per heavy atom. The van der Waals surface area contributed by atoms with E-state index in [9.17, 15) is 19.5 Å². The first kappa shape index (κ1) is 27.3. The highest BCUT2D eigenvalue weighted by molar-refractivity contribution is 5.87. The Morgan fingerprint density at radius 3 is 2.59 bits per heavy atom. The number of hydrogen-bond donors (Lipinski definition) is 3. The van der Waals surface area contributed by atoms with Crippen LogP contribution in [-0.2, 0) is 23.7 Å². The molecule has 5 rings (SSSR count). The van der Waals surface area contributed by atoms with Crippen molar-refractivity contribution in [2.45, 2.75) is 63.4 Å². The van der Waals surface area contributed by atoms with Gasteiger partial charge < -0.3 is 29.4 Å². The molecule has 1 saturated carbocycles. The van der Waals surface area contributed by atoms with Gasteiger partial charge in [0.25, 0.3) is 0 Å². The summed E-state index contributed by atoms with van der Waals surface area (Å²) >= 11 is 0. The van der Waals surface area contributed by atoms with Crippen LogP contribution in [0, 0.1) is 11.8 Å². The Balaban J connectivity index is 1.31. The van der Waals surface area contributed by atoms with Crippen molar-refractivity contribution in [2.75, 3.05) is 25.1 Å². The summed E-state index contributed by atoms with van der Waals surface area (Å²) in [7, 11) is 0. The molecule has 4 unspecified atom stereocenters. The lowest BCUT2D eigenvalue weighted by Crippen LogP contribution is -2.35. The molecule has 2 saturated heterocycles.